The summed E-state index contributed by atoms with van der Waals surface area (Å²) < 4.78 is 68.6. The van der Waals surface area contributed by atoms with Crippen LogP contribution in [0.2, 0.25) is 0 Å². The summed E-state index contributed by atoms with van der Waals surface area (Å²) in [6.45, 7) is 4.56. The van der Waals surface area contributed by atoms with E-state index in [1.807, 2.05) is 18.2 Å². The van der Waals surface area contributed by atoms with Crippen LogP contribution < -0.4 is 0 Å². The molecule has 0 rings (SSSR count). The van der Waals surface area contributed by atoms with E-state index in [1.54, 1.807) is 0 Å². The zero-order chi connectivity index (χ0) is 77.4. The molecule has 0 aliphatic rings. The highest BCUT2D eigenvalue weighted by molar-refractivity contribution is 7.47. The van der Waals surface area contributed by atoms with E-state index in [1.165, 1.54) is 89.9 Å². The van der Waals surface area contributed by atoms with Crippen LogP contribution in [-0.4, -0.2) is 96.7 Å². The van der Waals surface area contributed by atoms with E-state index < -0.39 is 97.5 Å². The Hall–Kier alpha value is -4.80. The van der Waals surface area contributed by atoms with Crippen LogP contribution in [-0.2, 0) is 65.4 Å². The molecule has 0 aliphatic heterocycles. The Bertz CT molecular complexity index is 2530. The number of unbranched alkanes of at least 4 members (excludes halogenated alkanes) is 29. The van der Waals surface area contributed by atoms with Crippen molar-refractivity contribution in [3.63, 3.8) is 0 Å². The van der Waals surface area contributed by atoms with E-state index in [0.29, 0.717) is 32.1 Å². The largest absolute Gasteiger partial charge is 0.472 e. The van der Waals surface area contributed by atoms with Crippen LogP contribution in [0.15, 0.2) is 134 Å². The molecule has 0 fully saturated rings. The Balaban J connectivity index is 5.41. The molecule has 0 heterocycles. The molecule has 608 valence electrons. The number of hydrogen-bond acceptors (Lipinski definition) is 15. The van der Waals surface area contributed by atoms with E-state index >= 15 is 0 Å². The first-order valence-electron chi connectivity index (χ1n) is 41.4. The minimum atomic E-state index is -5.00. The fraction of sp³-hybridized carbons (Fsp3) is 0.701. The Kier molecular flexibility index (Phi) is 74.8. The van der Waals surface area contributed by atoms with E-state index in [4.69, 9.17) is 37.0 Å². The van der Waals surface area contributed by atoms with Crippen LogP contribution in [0.5, 0.6) is 0 Å². The molecule has 0 aliphatic carbocycles. The molecule has 3 N–H and O–H groups in total. The molecule has 0 aromatic heterocycles. The average Bonchev–Trinajstić information content (AvgIpc) is 0.901. The molecule has 0 bridgehead atoms. The molecule has 0 saturated heterocycles. The van der Waals surface area contributed by atoms with E-state index in [9.17, 15) is 43.2 Å². The molecule has 106 heavy (non-hydrogen) atoms. The molecule has 5 unspecified atom stereocenters. The summed E-state index contributed by atoms with van der Waals surface area (Å²) in [6, 6.07) is 0. The topological polar surface area (TPSA) is 237 Å². The second-order valence-electron chi connectivity index (χ2n) is 27.3. The van der Waals surface area contributed by atoms with E-state index in [2.05, 4.69) is 143 Å². The zero-order valence-electron chi connectivity index (χ0n) is 66.6. The normalized spacial score (nSPS) is 14.5. The molecular formula is C87H148O17P2. The fourth-order valence-electron chi connectivity index (χ4n) is 10.9. The quantitative estimate of drug-likeness (QED) is 0.0169. The van der Waals surface area contributed by atoms with Crippen molar-refractivity contribution in [3.8, 4) is 0 Å². The number of hydrogen-bond donors (Lipinski definition) is 3. The van der Waals surface area contributed by atoms with Gasteiger partial charge in [-0.05, 0) is 128 Å². The number of esters is 4. The lowest BCUT2D eigenvalue weighted by atomic mass is 10.0. The van der Waals surface area contributed by atoms with Crippen LogP contribution in [0.3, 0.4) is 0 Å². The molecule has 0 aromatic carbocycles. The van der Waals surface area contributed by atoms with Crippen molar-refractivity contribution in [2.75, 3.05) is 39.6 Å². The predicted octanol–water partition coefficient (Wildman–Crippen LogP) is 24.4. The number of ether oxygens (including phenoxy) is 4. The van der Waals surface area contributed by atoms with Crippen molar-refractivity contribution in [1.82, 2.24) is 0 Å². The first-order chi connectivity index (χ1) is 51.7. The lowest BCUT2D eigenvalue weighted by molar-refractivity contribution is -0.161. The second kappa shape index (κ2) is 78.3. The van der Waals surface area contributed by atoms with Gasteiger partial charge in [-0.2, -0.15) is 0 Å². The predicted molar refractivity (Wildman–Crippen MR) is 436 cm³/mol. The van der Waals surface area contributed by atoms with Crippen molar-refractivity contribution < 1.29 is 80.2 Å². The monoisotopic (exact) mass is 1530 g/mol. The van der Waals surface area contributed by atoms with Crippen molar-refractivity contribution in [1.29, 1.82) is 0 Å². The molecule has 0 aromatic rings. The van der Waals surface area contributed by atoms with Gasteiger partial charge in [0.2, 0.25) is 0 Å². The maximum atomic E-state index is 13.1. The number of allylic oxidation sites excluding steroid dienone is 22. The molecule has 19 heteroatoms. The van der Waals surface area contributed by atoms with Gasteiger partial charge in [0.25, 0.3) is 0 Å². The summed E-state index contributed by atoms with van der Waals surface area (Å²) >= 11 is 0. The average molecular weight is 1530 g/mol. The first-order valence-corrected chi connectivity index (χ1v) is 44.4. The number of aliphatic hydroxyl groups excluding tert-OH is 1. The fourth-order valence-corrected chi connectivity index (χ4v) is 12.5. The van der Waals surface area contributed by atoms with Gasteiger partial charge in [0.1, 0.15) is 19.3 Å². The van der Waals surface area contributed by atoms with Gasteiger partial charge in [-0.3, -0.25) is 37.3 Å². The smallest absolute Gasteiger partial charge is 0.462 e. The van der Waals surface area contributed by atoms with Gasteiger partial charge in [-0.25, -0.2) is 9.13 Å². The van der Waals surface area contributed by atoms with Crippen LogP contribution in [0.1, 0.15) is 336 Å². The van der Waals surface area contributed by atoms with Gasteiger partial charge in [-0.15, -0.1) is 0 Å². The van der Waals surface area contributed by atoms with Gasteiger partial charge in [0.15, 0.2) is 12.2 Å². The molecule has 0 radical (unpaired) electrons. The number of phosphoric ester groups is 2. The highest BCUT2D eigenvalue weighted by Crippen LogP contribution is 2.45. The maximum Gasteiger partial charge on any atom is 0.472 e. The minimum Gasteiger partial charge on any atom is -0.462 e. The van der Waals surface area contributed by atoms with Gasteiger partial charge in [0, 0.05) is 25.7 Å². The Morgan fingerprint density at radius 3 is 0.830 bits per heavy atom. The van der Waals surface area contributed by atoms with E-state index in [-0.39, 0.29) is 25.7 Å². The number of carbonyl (C=O) groups is 4. The summed E-state index contributed by atoms with van der Waals surface area (Å²) in [6.07, 6.45) is 88.6. The SMILES string of the molecule is CC/C=C\C/C=C\C/C=C\C/C=C\C/C=C\C/C=C\CCC(=O)OCC(COP(=O)(O)OCC(O)COP(=O)(O)OCC(COC(=O)CCCCCCCC/C=C\C/C=C\C/C=C\C/C=C\CC)OC(=O)CCCCCCCCCCCCCCCCC)OC(=O)CCCCCCC/C=C\CCCCCC. The van der Waals surface area contributed by atoms with Crippen LogP contribution in [0, 0.1) is 0 Å². The van der Waals surface area contributed by atoms with Gasteiger partial charge in [0.05, 0.1) is 26.4 Å². The second-order valence-corrected chi connectivity index (χ2v) is 30.2. The third-order valence-corrected chi connectivity index (χ3v) is 19.0. The lowest BCUT2D eigenvalue weighted by Crippen LogP contribution is -2.30. The number of carbonyl (C=O) groups excluding carboxylic acids is 4. The molecule has 17 nitrogen and oxygen atoms in total. The van der Waals surface area contributed by atoms with Gasteiger partial charge < -0.3 is 33.8 Å². The third kappa shape index (κ3) is 77.4. The van der Waals surface area contributed by atoms with Crippen molar-refractivity contribution in [2.24, 2.45) is 0 Å². The number of rotatable bonds is 77. The summed E-state index contributed by atoms with van der Waals surface area (Å²) in [4.78, 5) is 73.1. The van der Waals surface area contributed by atoms with E-state index in [0.717, 1.165) is 161 Å². The Morgan fingerprint density at radius 2 is 0.509 bits per heavy atom. The van der Waals surface area contributed by atoms with Crippen molar-refractivity contribution >= 4 is 39.5 Å². The molecule has 0 amide bonds. The molecular weight excluding hydrogens is 1380 g/mol. The Morgan fingerprint density at radius 1 is 0.274 bits per heavy atom. The number of phosphoric acid groups is 2. The zero-order valence-corrected chi connectivity index (χ0v) is 68.4. The Labute approximate surface area is 644 Å². The molecule has 5 atom stereocenters. The van der Waals surface area contributed by atoms with Gasteiger partial charge >= 0.3 is 39.5 Å². The minimum absolute atomic E-state index is 0.0327. The standard InChI is InChI=1S/C87H148O17P2/c1-5-9-13-17-21-25-29-33-36-38-40-42-45-48-51-55-59-63-67-71-84(89)97-77-82(103-86(91)73-69-65-61-57-53-47-32-28-24-20-16-12-8-4)79-101-105(93,94)99-75-81(88)76-100-106(95,96)102-80-83(104-87(92)74-70-66-62-58-54-50-44-35-31-27-23-19-15-11-7-3)78-98-85(90)72-68-64-60-56-52-49-46-43-41-39-37-34-30-26-22-18-14-10-6-2/h9-10,13-14,21-22,25-26,28,32-34,36-37,40-43,48,51,59,63,81-83,88H,5-8,11-12,15-20,23-24,27,29-31,35,38-39,44-47,49-50,52-58,60-62,64-80H2,1-4H3,(H,93,94)(H,95,96)/b13-9-,14-10-,25-21-,26-22-,32-28-,36-33-,37-34-,42-40-,43-41-,51-48-,63-59-. The van der Waals surface area contributed by atoms with Gasteiger partial charge in [-0.1, -0.05) is 315 Å². The first kappa shape index (κ1) is 101. The van der Waals surface area contributed by atoms with Crippen LogP contribution >= 0.6 is 15.6 Å². The van der Waals surface area contributed by atoms with Crippen LogP contribution in [0.25, 0.3) is 0 Å². The lowest BCUT2D eigenvalue weighted by Gasteiger charge is -2.21. The summed E-state index contributed by atoms with van der Waals surface area (Å²) in [5.41, 5.74) is 0. The summed E-state index contributed by atoms with van der Waals surface area (Å²) in [5, 5.41) is 10.7. The highest BCUT2D eigenvalue weighted by atomic mass is 31.2. The number of aliphatic hydroxyl groups is 1. The molecule has 0 saturated carbocycles. The van der Waals surface area contributed by atoms with Crippen molar-refractivity contribution in [3.05, 3.63) is 134 Å². The third-order valence-electron chi connectivity index (χ3n) is 17.1. The summed E-state index contributed by atoms with van der Waals surface area (Å²) in [7, 11) is -9.99. The maximum absolute atomic E-state index is 13.1. The van der Waals surface area contributed by atoms with Crippen LogP contribution in [0.4, 0.5) is 0 Å². The van der Waals surface area contributed by atoms with Crippen molar-refractivity contribution in [2.45, 2.75) is 354 Å². The summed E-state index contributed by atoms with van der Waals surface area (Å²) in [5.74, 6) is -2.29. The molecule has 0 spiro atoms. The highest BCUT2D eigenvalue weighted by Gasteiger charge is 2.30.